The van der Waals surface area contributed by atoms with Crippen LogP contribution in [0, 0.1) is 11.3 Å². The fraction of sp³-hybridized carbons (Fsp3) is 0. The second kappa shape index (κ2) is 4.55. The van der Waals surface area contributed by atoms with Crippen molar-refractivity contribution in [1.82, 2.24) is 15.0 Å². The minimum absolute atomic E-state index is 0.255. The normalized spacial score (nSPS) is 9.50. The number of hydrogen-bond acceptors (Lipinski definition) is 5. The first-order valence-electron chi connectivity index (χ1n) is 4.38. The zero-order valence-electron chi connectivity index (χ0n) is 8.05. The predicted octanol–water partition coefficient (Wildman–Crippen LogP) is 2.14. The fourth-order valence-corrected chi connectivity index (χ4v) is 1.33. The third-order valence-electron chi connectivity index (χ3n) is 1.74. The molecule has 0 amide bonds. The zero-order chi connectivity index (χ0) is 11.4. The summed E-state index contributed by atoms with van der Waals surface area (Å²) in [7, 11) is 0. The molecule has 0 radical (unpaired) electrons. The van der Waals surface area contributed by atoms with Crippen LogP contribution in [-0.2, 0) is 0 Å². The number of anilines is 2. The van der Waals surface area contributed by atoms with Crippen LogP contribution in [0.2, 0.25) is 5.15 Å². The van der Waals surface area contributed by atoms with Gasteiger partial charge in [-0.1, -0.05) is 11.6 Å². The van der Waals surface area contributed by atoms with Gasteiger partial charge >= 0.3 is 0 Å². The van der Waals surface area contributed by atoms with E-state index in [2.05, 4.69) is 20.3 Å². The molecular weight excluding hydrogens is 226 g/mol. The van der Waals surface area contributed by atoms with Crippen LogP contribution < -0.4 is 5.32 Å². The number of halogens is 1. The summed E-state index contributed by atoms with van der Waals surface area (Å²) in [6.07, 6.45) is 4.67. The lowest BCUT2D eigenvalue weighted by atomic mass is 10.3. The third-order valence-corrected chi connectivity index (χ3v) is 1.94. The lowest BCUT2D eigenvalue weighted by molar-refractivity contribution is 1.18. The first-order chi connectivity index (χ1) is 7.78. The Kier molecular flexibility index (Phi) is 2.94. The maximum absolute atomic E-state index is 8.76. The van der Waals surface area contributed by atoms with E-state index in [0.717, 1.165) is 0 Å². The lowest BCUT2D eigenvalue weighted by Gasteiger charge is -2.04. The Morgan fingerprint density at radius 1 is 1.25 bits per heavy atom. The van der Waals surface area contributed by atoms with E-state index in [9.17, 15) is 0 Å². The molecule has 2 heterocycles. The molecule has 6 heteroatoms. The summed E-state index contributed by atoms with van der Waals surface area (Å²) in [5, 5.41) is 11.9. The van der Waals surface area contributed by atoms with Gasteiger partial charge in [-0.25, -0.2) is 9.97 Å². The highest BCUT2D eigenvalue weighted by Crippen LogP contribution is 2.16. The van der Waals surface area contributed by atoms with E-state index in [-0.39, 0.29) is 5.15 Å². The molecule has 0 saturated heterocycles. The predicted molar refractivity (Wildman–Crippen MR) is 59.3 cm³/mol. The number of nitrogens with zero attached hydrogens (tertiary/aromatic N) is 4. The van der Waals surface area contributed by atoms with Crippen molar-refractivity contribution >= 4 is 23.2 Å². The Labute approximate surface area is 96.8 Å². The number of hydrogen-bond donors (Lipinski definition) is 1. The van der Waals surface area contributed by atoms with Crippen molar-refractivity contribution < 1.29 is 0 Å². The molecule has 0 aliphatic heterocycles. The first-order valence-corrected chi connectivity index (χ1v) is 4.76. The van der Waals surface area contributed by atoms with Crippen LogP contribution in [0.15, 0.2) is 30.7 Å². The molecule has 0 aliphatic rings. The summed E-state index contributed by atoms with van der Waals surface area (Å²) in [5.74, 6) is 1.01. The number of nitrogens with one attached hydrogen (secondary N) is 1. The lowest BCUT2D eigenvalue weighted by Crippen LogP contribution is -1.97. The van der Waals surface area contributed by atoms with Gasteiger partial charge in [0.2, 0.25) is 0 Å². The van der Waals surface area contributed by atoms with E-state index < -0.39 is 0 Å². The molecule has 0 unspecified atom stereocenters. The van der Waals surface area contributed by atoms with Gasteiger partial charge in [0.25, 0.3) is 0 Å². The first kappa shape index (κ1) is 10.3. The Morgan fingerprint density at radius 3 is 2.81 bits per heavy atom. The molecule has 78 valence electrons. The van der Waals surface area contributed by atoms with Crippen molar-refractivity contribution in [3.63, 3.8) is 0 Å². The van der Waals surface area contributed by atoms with Gasteiger partial charge in [0.05, 0.1) is 17.8 Å². The van der Waals surface area contributed by atoms with E-state index in [1.165, 1.54) is 6.07 Å². The monoisotopic (exact) mass is 231 g/mol. The molecule has 0 saturated carbocycles. The molecule has 0 aliphatic carbocycles. The third kappa shape index (κ3) is 2.43. The van der Waals surface area contributed by atoms with Gasteiger partial charge in [0.15, 0.2) is 0 Å². The molecular formula is C10H6ClN5. The quantitative estimate of drug-likeness (QED) is 0.802. The Bertz CT molecular complexity index is 535. The maximum Gasteiger partial charge on any atom is 0.150 e. The highest BCUT2D eigenvalue weighted by atomic mass is 35.5. The highest BCUT2D eigenvalue weighted by molar-refractivity contribution is 6.29. The summed E-state index contributed by atoms with van der Waals surface area (Å²) < 4.78 is 0. The van der Waals surface area contributed by atoms with Gasteiger partial charge in [-0.05, 0) is 12.1 Å². The van der Waals surface area contributed by atoms with E-state index in [4.69, 9.17) is 16.9 Å². The second-order valence-electron chi connectivity index (χ2n) is 2.89. The van der Waals surface area contributed by atoms with Gasteiger partial charge in [0, 0.05) is 12.4 Å². The minimum atomic E-state index is 0.255. The number of aromatic nitrogens is 3. The van der Waals surface area contributed by atoms with Crippen LogP contribution in [0.25, 0.3) is 0 Å². The zero-order valence-corrected chi connectivity index (χ0v) is 8.81. The highest BCUT2D eigenvalue weighted by Gasteiger charge is 2.01. The van der Waals surface area contributed by atoms with E-state index in [1.807, 2.05) is 6.07 Å². The standard InChI is InChI=1S/C10H6ClN5/c11-8-3-7(5-12)4-9(15-8)16-10-6-13-1-2-14-10/h1-4,6H,(H,14,15,16). The molecule has 16 heavy (non-hydrogen) atoms. The van der Waals surface area contributed by atoms with Gasteiger partial charge in [0.1, 0.15) is 16.8 Å². The number of nitriles is 1. The van der Waals surface area contributed by atoms with Crippen LogP contribution in [0.4, 0.5) is 11.6 Å². The average molecular weight is 232 g/mol. The molecule has 0 aromatic carbocycles. The molecule has 1 N–H and O–H groups in total. The summed E-state index contributed by atoms with van der Waals surface area (Å²) in [6.45, 7) is 0. The van der Waals surface area contributed by atoms with Gasteiger partial charge in [-0.3, -0.25) is 4.98 Å². The summed E-state index contributed by atoms with van der Waals surface area (Å²) >= 11 is 5.76. The van der Waals surface area contributed by atoms with Crippen molar-refractivity contribution in [1.29, 1.82) is 5.26 Å². The molecule has 2 aromatic rings. The Hall–Kier alpha value is -2.19. The minimum Gasteiger partial charge on any atom is -0.324 e. The van der Waals surface area contributed by atoms with Gasteiger partial charge in [-0.2, -0.15) is 5.26 Å². The van der Waals surface area contributed by atoms with E-state index >= 15 is 0 Å². The van der Waals surface area contributed by atoms with Crippen LogP contribution in [0.1, 0.15) is 5.56 Å². The fourth-order valence-electron chi connectivity index (χ4n) is 1.12. The molecule has 0 bridgehead atoms. The van der Waals surface area contributed by atoms with Crippen LogP contribution in [0.5, 0.6) is 0 Å². The molecule has 2 aromatic heterocycles. The smallest absolute Gasteiger partial charge is 0.150 e. The van der Waals surface area contributed by atoms with E-state index in [1.54, 1.807) is 24.7 Å². The molecule has 5 nitrogen and oxygen atoms in total. The molecule has 0 spiro atoms. The topological polar surface area (TPSA) is 74.5 Å². The Balaban J connectivity index is 2.29. The van der Waals surface area contributed by atoms with Gasteiger partial charge in [-0.15, -0.1) is 0 Å². The van der Waals surface area contributed by atoms with Crippen molar-refractivity contribution in [2.24, 2.45) is 0 Å². The van der Waals surface area contributed by atoms with Crippen molar-refractivity contribution in [2.45, 2.75) is 0 Å². The van der Waals surface area contributed by atoms with Crippen LogP contribution in [0.3, 0.4) is 0 Å². The summed E-state index contributed by atoms with van der Waals surface area (Å²) in [4.78, 5) is 11.9. The van der Waals surface area contributed by atoms with Gasteiger partial charge < -0.3 is 5.32 Å². The average Bonchev–Trinajstić information content (AvgIpc) is 2.29. The molecule has 0 fully saturated rings. The van der Waals surface area contributed by atoms with Crippen molar-refractivity contribution in [2.75, 3.05) is 5.32 Å². The van der Waals surface area contributed by atoms with Crippen LogP contribution >= 0.6 is 11.6 Å². The number of rotatable bonds is 2. The Morgan fingerprint density at radius 2 is 2.12 bits per heavy atom. The maximum atomic E-state index is 8.76. The molecule has 2 rings (SSSR count). The van der Waals surface area contributed by atoms with Crippen molar-refractivity contribution in [3.05, 3.63) is 41.4 Å². The largest absolute Gasteiger partial charge is 0.324 e. The van der Waals surface area contributed by atoms with E-state index in [0.29, 0.717) is 17.2 Å². The molecule has 0 atom stereocenters. The number of pyridine rings is 1. The summed E-state index contributed by atoms with van der Waals surface area (Å²) in [6, 6.07) is 5.07. The van der Waals surface area contributed by atoms with Crippen LogP contribution in [-0.4, -0.2) is 15.0 Å². The summed E-state index contributed by atoms with van der Waals surface area (Å²) in [5.41, 5.74) is 0.436. The SMILES string of the molecule is N#Cc1cc(Cl)nc(Nc2cnccn2)c1. The van der Waals surface area contributed by atoms with Crippen molar-refractivity contribution in [3.8, 4) is 6.07 Å². The second-order valence-corrected chi connectivity index (χ2v) is 3.28.